The molecular weight excluding hydrogens is 270 g/mol. The normalized spacial score (nSPS) is 10.2. The maximum Gasteiger partial charge on any atom is 0.341 e. The Kier molecular flexibility index (Phi) is 3.52. The zero-order valence-electron chi connectivity index (χ0n) is 9.92. The maximum atomic E-state index is 11.2. The fourth-order valence-corrected chi connectivity index (χ4v) is 1.78. The van der Waals surface area contributed by atoms with Gasteiger partial charge in [-0.25, -0.2) is 9.48 Å². The molecule has 6 nitrogen and oxygen atoms in total. The van der Waals surface area contributed by atoms with E-state index >= 15 is 0 Å². The summed E-state index contributed by atoms with van der Waals surface area (Å²) in [4.78, 5) is 22.2. The van der Waals surface area contributed by atoms with Gasteiger partial charge in [0, 0.05) is 11.9 Å². The lowest BCUT2D eigenvalue weighted by Crippen LogP contribution is -2.14. The Labute approximate surface area is 113 Å². The number of aromatic nitrogens is 2. The van der Waals surface area contributed by atoms with E-state index in [0.29, 0.717) is 10.7 Å². The molecule has 0 atom stereocenters. The molecule has 0 fully saturated rings. The largest absolute Gasteiger partial charge is 0.477 e. The second kappa shape index (κ2) is 5.11. The first-order chi connectivity index (χ1) is 8.99. The molecule has 0 aliphatic heterocycles. The van der Waals surface area contributed by atoms with Crippen LogP contribution in [0.3, 0.4) is 0 Å². The summed E-state index contributed by atoms with van der Waals surface area (Å²) in [6.45, 7) is 1.29. The zero-order chi connectivity index (χ0) is 14.0. The van der Waals surface area contributed by atoms with Gasteiger partial charge in [0.1, 0.15) is 5.56 Å². The molecule has 1 heterocycles. The van der Waals surface area contributed by atoms with Gasteiger partial charge in [-0.3, -0.25) is 4.79 Å². The molecule has 98 valence electrons. The van der Waals surface area contributed by atoms with Gasteiger partial charge in [0.15, 0.2) is 5.82 Å². The lowest BCUT2D eigenvalue weighted by molar-refractivity contribution is -0.114. The number of anilines is 1. The van der Waals surface area contributed by atoms with Gasteiger partial charge >= 0.3 is 5.97 Å². The van der Waals surface area contributed by atoms with Crippen LogP contribution < -0.4 is 5.32 Å². The SMILES string of the molecule is CC(=O)Nc1c(C(=O)O)cnn1-c1cccc(Cl)c1. The van der Waals surface area contributed by atoms with Crippen molar-refractivity contribution < 1.29 is 14.7 Å². The van der Waals surface area contributed by atoms with Crippen molar-refractivity contribution in [3.63, 3.8) is 0 Å². The lowest BCUT2D eigenvalue weighted by atomic mass is 10.3. The van der Waals surface area contributed by atoms with Crippen LogP contribution in [0.15, 0.2) is 30.5 Å². The number of carboxylic acid groups (broad SMARTS) is 1. The number of carbonyl (C=O) groups is 2. The topological polar surface area (TPSA) is 84.2 Å². The average Bonchev–Trinajstić information content (AvgIpc) is 2.71. The summed E-state index contributed by atoms with van der Waals surface area (Å²) in [7, 11) is 0. The number of nitrogens with one attached hydrogen (secondary N) is 1. The van der Waals surface area contributed by atoms with Gasteiger partial charge in [-0.15, -0.1) is 0 Å². The maximum absolute atomic E-state index is 11.2. The predicted molar refractivity (Wildman–Crippen MR) is 69.8 cm³/mol. The number of carbonyl (C=O) groups excluding carboxylic acids is 1. The molecule has 2 rings (SSSR count). The molecule has 1 aromatic heterocycles. The van der Waals surface area contributed by atoms with Crippen LogP contribution >= 0.6 is 11.6 Å². The van der Waals surface area contributed by atoms with E-state index < -0.39 is 5.97 Å². The van der Waals surface area contributed by atoms with Crippen molar-refractivity contribution in [3.8, 4) is 5.69 Å². The fourth-order valence-electron chi connectivity index (χ4n) is 1.60. The van der Waals surface area contributed by atoms with Gasteiger partial charge in [-0.05, 0) is 18.2 Å². The summed E-state index contributed by atoms with van der Waals surface area (Å²) in [5, 5.41) is 16.0. The standard InChI is InChI=1S/C12H10ClN3O3/c1-7(17)15-11-10(12(18)19)6-14-16(11)9-4-2-3-8(13)5-9/h2-6H,1H3,(H,15,17)(H,18,19). The van der Waals surface area contributed by atoms with Crippen molar-refractivity contribution in [1.29, 1.82) is 0 Å². The molecule has 0 aliphatic carbocycles. The Morgan fingerprint density at radius 1 is 1.42 bits per heavy atom. The lowest BCUT2D eigenvalue weighted by Gasteiger charge is -2.08. The van der Waals surface area contributed by atoms with E-state index in [1.54, 1.807) is 24.3 Å². The molecule has 1 aromatic carbocycles. The van der Waals surface area contributed by atoms with Crippen LogP contribution in [0.4, 0.5) is 5.82 Å². The second-order valence-electron chi connectivity index (χ2n) is 3.78. The quantitative estimate of drug-likeness (QED) is 0.902. The average molecular weight is 280 g/mol. The summed E-state index contributed by atoms with van der Waals surface area (Å²) >= 11 is 5.88. The molecule has 2 N–H and O–H groups in total. The van der Waals surface area contributed by atoms with E-state index in [4.69, 9.17) is 16.7 Å². The van der Waals surface area contributed by atoms with Crippen LogP contribution in [0.2, 0.25) is 5.02 Å². The summed E-state index contributed by atoms with van der Waals surface area (Å²) in [5.41, 5.74) is 0.471. The number of hydrogen-bond donors (Lipinski definition) is 2. The molecular formula is C12H10ClN3O3. The van der Waals surface area contributed by atoms with Crippen LogP contribution in [-0.2, 0) is 4.79 Å². The molecule has 0 radical (unpaired) electrons. The van der Waals surface area contributed by atoms with Crippen LogP contribution in [0.1, 0.15) is 17.3 Å². The number of carboxylic acids is 1. The third-order valence-corrected chi connectivity index (χ3v) is 2.58. The van der Waals surface area contributed by atoms with Gasteiger partial charge in [0.05, 0.1) is 11.9 Å². The molecule has 1 amide bonds. The Morgan fingerprint density at radius 2 is 2.16 bits per heavy atom. The van der Waals surface area contributed by atoms with Crippen molar-refractivity contribution >= 4 is 29.3 Å². The highest BCUT2D eigenvalue weighted by atomic mass is 35.5. The molecule has 0 bridgehead atoms. The van der Waals surface area contributed by atoms with E-state index in [9.17, 15) is 9.59 Å². The summed E-state index contributed by atoms with van der Waals surface area (Å²) in [5.74, 6) is -1.45. The molecule has 0 spiro atoms. The van der Waals surface area contributed by atoms with Crippen LogP contribution in [0, 0.1) is 0 Å². The van der Waals surface area contributed by atoms with E-state index in [0.717, 1.165) is 0 Å². The number of halogens is 1. The Morgan fingerprint density at radius 3 is 2.74 bits per heavy atom. The molecule has 0 aliphatic rings. The third-order valence-electron chi connectivity index (χ3n) is 2.35. The Bertz CT molecular complexity index is 651. The summed E-state index contributed by atoms with van der Waals surface area (Å²) in [6.07, 6.45) is 1.18. The van der Waals surface area contributed by atoms with E-state index in [1.165, 1.54) is 17.8 Å². The predicted octanol–water partition coefficient (Wildman–Crippen LogP) is 2.18. The smallest absolute Gasteiger partial charge is 0.341 e. The van der Waals surface area contributed by atoms with Crippen LogP contribution in [-0.4, -0.2) is 26.8 Å². The second-order valence-corrected chi connectivity index (χ2v) is 4.22. The first-order valence-electron chi connectivity index (χ1n) is 5.34. The Balaban J connectivity index is 2.57. The minimum absolute atomic E-state index is 0.0878. The Hall–Kier alpha value is -2.34. The van der Waals surface area contributed by atoms with Gasteiger partial charge < -0.3 is 10.4 Å². The molecule has 0 saturated heterocycles. The number of amides is 1. The summed E-state index contributed by atoms with van der Waals surface area (Å²) in [6, 6.07) is 6.71. The van der Waals surface area contributed by atoms with Crippen molar-refractivity contribution in [2.45, 2.75) is 6.92 Å². The number of aromatic carboxylic acids is 1. The van der Waals surface area contributed by atoms with Crippen molar-refractivity contribution in [1.82, 2.24) is 9.78 Å². The third kappa shape index (κ3) is 2.74. The van der Waals surface area contributed by atoms with Gasteiger partial charge in [-0.1, -0.05) is 17.7 Å². The zero-order valence-corrected chi connectivity index (χ0v) is 10.7. The van der Waals surface area contributed by atoms with E-state index in [2.05, 4.69) is 10.4 Å². The van der Waals surface area contributed by atoms with Crippen LogP contribution in [0.5, 0.6) is 0 Å². The van der Waals surface area contributed by atoms with Gasteiger partial charge in [0.25, 0.3) is 0 Å². The van der Waals surface area contributed by atoms with Crippen molar-refractivity contribution in [2.24, 2.45) is 0 Å². The highest BCUT2D eigenvalue weighted by Gasteiger charge is 2.18. The minimum Gasteiger partial charge on any atom is -0.477 e. The number of nitrogens with zero attached hydrogens (tertiary/aromatic N) is 2. The number of hydrogen-bond acceptors (Lipinski definition) is 3. The fraction of sp³-hybridized carbons (Fsp3) is 0.0833. The van der Waals surface area contributed by atoms with Gasteiger partial charge in [-0.2, -0.15) is 5.10 Å². The number of benzene rings is 1. The highest BCUT2D eigenvalue weighted by molar-refractivity contribution is 6.30. The first kappa shape index (κ1) is 13.1. The molecule has 2 aromatic rings. The minimum atomic E-state index is -1.17. The molecule has 19 heavy (non-hydrogen) atoms. The first-order valence-corrected chi connectivity index (χ1v) is 5.71. The molecule has 0 unspecified atom stereocenters. The van der Waals surface area contributed by atoms with E-state index in [1.807, 2.05) is 0 Å². The van der Waals surface area contributed by atoms with Crippen molar-refractivity contribution in [3.05, 3.63) is 41.0 Å². The highest BCUT2D eigenvalue weighted by Crippen LogP contribution is 2.22. The number of rotatable bonds is 3. The van der Waals surface area contributed by atoms with Crippen molar-refractivity contribution in [2.75, 3.05) is 5.32 Å². The molecule has 0 saturated carbocycles. The monoisotopic (exact) mass is 279 g/mol. The summed E-state index contributed by atoms with van der Waals surface area (Å²) < 4.78 is 1.32. The van der Waals surface area contributed by atoms with Gasteiger partial charge in [0.2, 0.25) is 5.91 Å². The molecule has 7 heteroatoms. The van der Waals surface area contributed by atoms with E-state index in [-0.39, 0.29) is 17.3 Å². The van der Waals surface area contributed by atoms with Crippen LogP contribution in [0.25, 0.3) is 5.69 Å².